The second-order valence-corrected chi connectivity index (χ2v) is 12.8. The van der Waals surface area contributed by atoms with Crippen LogP contribution in [0.5, 0.6) is 11.5 Å². The van der Waals surface area contributed by atoms with Crippen LogP contribution >= 0.6 is 0 Å². The second-order valence-electron chi connectivity index (χ2n) is 10.5. The molecule has 0 aliphatic carbocycles. The zero-order chi connectivity index (χ0) is 35.6. The number of nitrogens with zero attached hydrogens (tertiary/aromatic N) is 1. The fourth-order valence-corrected chi connectivity index (χ4v) is 5.61. The van der Waals surface area contributed by atoms with Gasteiger partial charge in [-0.1, -0.05) is 31.2 Å². The Balaban J connectivity index is 0.000000804. The number of carbonyl (C=O) groups excluding carboxylic acids is 1. The molecule has 0 radical (unpaired) electrons. The number of ether oxygens (including phenoxy) is 2. The van der Waals surface area contributed by atoms with Crippen molar-refractivity contribution < 1.29 is 45.8 Å². The highest BCUT2D eigenvalue weighted by atomic mass is 32.2. The Morgan fingerprint density at radius 3 is 2.31 bits per heavy atom. The molecule has 4 rings (SSSR count). The van der Waals surface area contributed by atoms with E-state index in [4.69, 9.17) is 25.1 Å². The minimum Gasteiger partial charge on any atom is -0.490 e. The molecule has 1 heterocycles. The largest absolute Gasteiger partial charge is 0.490 e. The maximum atomic E-state index is 13.8. The van der Waals surface area contributed by atoms with Crippen LogP contribution in [-0.4, -0.2) is 55.0 Å². The molecule has 4 aromatic rings. The van der Waals surface area contributed by atoms with Crippen LogP contribution in [0.4, 0.5) is 24.7 Å². The molecule has 258 valence electrons. The summed E-state index contributed by atoms with van der Waals surface area (Å²) in [5.74, 6) is -1.61. The number of aromatic nitrogens is 1. The normalized spacial score (nSPS) is 12.1. The molecular formula is C33H37F3N4O7S. The number of pyridine rings is 1. The van der Waals surface area contributed by atoms with Crippen LogP contribution in [0.2, 0.25) is 0 Å². The number of anilines is 2. The van der Waals surface area contributed by atoms with Gasteiger partial charge >= 0.3 is 12.1 Å². The summed E-state index contributed by atoms with van der Waals surface area (Å²) in [4.78, 5) is 27.0. The summed E-state index contributed by atoms with van der Waals surface area (Å²) in [6.45, 7) is 7.80. The van der Waals surface area contributed by atoms with E-state index < -0.39 is 28.0 Å². The van der Waals surface area contributed by atoms with Crippen molar-refractivity contribution in [1.82, 2.24) is 10.3 Å². The molecule has 5 N–H and O–H groups in total. The number of fused-ring (bicyclic) bond motifs is 1. The summed E-state index contributed by atoms with van der Waals surface area (Å²) in [7, 11) is -3.46. The Morgan fingerprint density at radius 2 is 1.69 bits per heavy atom. The van der Waals surface area contributed by atoms with Gasteiger partial charge in [-0.15, -0.1) is 0 Å². The number of carboxylic acid groups (broad SMARTS) is 1. The molecule has 15 heteroatoms. The van der Waals surface area contributed by atoms with Gasteiger partial charge in [0.15, 0.2) is 21.3 Å². The number of hydrogen-bond acceptors (Lipinski definition) is 9. The number of hydrogen-bond donors (Lipinski definition) is 4. The van der Waals surface area contributed by atoms with Gasteiger partial charge in [0.25, 0.3) is 0 Å². The lowest BCUT2D eigenvalue weighted by atomic mass is 10.0. The molecule has 11 nitrogen and oxygen atoms in total. The number of benzene rings is 3. The van der Waals surface area contributed by atoms with Crippen LogP contribution in [0.3, 0.4) is 0 Å². The number of sulfone groups is 1. The van der Waals surface area contributed by atoms with Gasteiger partial charge in [-0.25, -0.2) is 18.2 Å². The van der Waals surface area contributed by atoms with E-state index in [2.05, 4.69) is 15.6 Å². The summed E-state index contributed by atoms with van der Waals surface area (Å²) >= 11 is 0. The zero-order valence-electron chi connectivity index (χ0n) is 26.7. The van der Waals surface area contributed by atoms with Gasteiger partial charge in [0, 0.05) is 23.8 Å². The highest BCUT2D eigenvalue weighted by molar-refractivity contribution is 7.91. The monoisotopic (exact) mass is 690 g/mol. The average molecular weight is 691 g/mol. The third kappa shape index (κ3) is 9.97. The van der Waals surface area contributed by atoms with E-state index in [9.17, 15) is 26.4 Å². The second kappa shape index (κ2) is 16.2. The molecular weight excluding hydrogens is 653 g/mol. The SMILES string of the molecule is CCOc1cc(C(Nc2ccc3c(N)nccc3c2)C(=O)NCc2ccccc2S(=O)(=O)CC)ccc1OC(C)C.O=C(O)C(F)(F)F. The van der Waals surface area contributed by atoms with Crippen molar-refractivity contribution in [3.8, 4) is 11.5 Å². The van der Waals surface area contributed by atoms with Crippen molar-refractivity contribution in [2.75, 3.05) is 23.4 Å². The summed E-state index contributed by atoms with van der Waals surface area (Å²) in [5.41, 5.74) is 7.88. The van der Waals surface area contributed by atoms with Gasteiger partial charge in [-0.3, -0.25) is 4.79 Å². The number of halogens is 3. The molecule has 1 unspecified atom stereocenters. The molecule has 1 aromatic heterocycles. The lowest BCUT2D eigenvalue weighted by molar-refractivity contribution is -0.192. The number of nitrogens with one attached hydrogen (secondary N) is 2. The molecule has 0 saturated carbocycles. The molecule has 1 atom stereocenters. The summed E-state index contributed by atoms with van der Waals surface area (Å²) in [6.07, 6.45) is -3.51. The van der Waals surface area contributed by atoms with Crippen molar-refractivity contribution in [3.63, 3.8) is 0 Å². The minimum atomic E-state index is -5.08. The number of nitrogen functional groups attached to an aromatic ring is 1. The van der Waals surface area contributed by atoms with E-state index in [0.29, 0.717) is 40.7 Å². The maximum absolute atomic E-state index is 13.8. The fourth-order valence-electron chi connectivity index (χ4n) is 4.47. The van der Waals surface area contributed by atoms with Crippen LogP contribution < -0.4 is 25.8 Å². The number of carboxylic acids is 1. The topological polar surface area (TPSA) is 170 Å². The van der Waals surface area contributed by atoms with Gasteiger partial charge in [0.2, 0.25) is 5.91 Å². The van der Waals surface area contributed by atoms with Gasteiger partial charge in [0.05, 0.1) is 23.4 Å². The molecule has 3 aromatic carbocycles. The van der Waals surface area contributed by atoms with Crippen molar-refractivity contribution in [2.24, 2.45) is 0 Å². The predicted octanol–water partition coefficient (Wildman–Crippen LogP) is 5.90. The standard InChI is InChI=1S/C31H36N4O5S.C2HF3O2/c1-5-39-27-18-22(11-14-26(27)40-20(3)4)29(35-24-12-13-25-21(17-24)15-16-33-30(25)32)31(36)34-19-23-9-7-8-10-28(23)41(37,38)6-2;3-2(4,5)1(6)7/h7-18,20,29,35H,5-6,19H2,1-4H3,(H2,32,33)(H,34,36);(H,6,7). The quantitative estimate of drug-likeness (QED) is 0.140. The first-order chi connectivity index (χ1) is 22.6. The van der Waals surface area contributed by atoms with E-state index >= 15 is 0 Å². The van der Waals surface area contributed by atoms with E-state index in [0.717, 1.165) is 10.8 Å². The summed E-state index contributed by atoms with van der Waals surface area (Å²) in [6, 6.07) is 18.7. The van der Waals surface area contributed by atoms with Gasteiger partial charge in [-0.2, -0.15) is 13.2 Å². The molecule has 0 aliphatic rings. The number of aliphatic carboxylic acids is 1. The molecule has 0 aliphatic heterocycles. The minimum absolute atomic E-state index is 0.0326. The van der Waals surface area contributed by atoms with Crippen LogP contribution in [0.25, 0.3) is 10.8 Å². The average Bonchev–Trinajstić information content (AvgIpc) is 3.03. The first-order valence-corrected chi connectivity index (χ1v) is 16.4. The Bertz CT molecular complexity index is 1850. The van der Waals surface area contributed by atoms with Crippen LogP contribution in [-0.2, 0) is 26.0 Å². The number of amides is 1. The van der Waals surface area contributed by atoms with Gasteiger partial charge < -0.3 is 30.9 Å². The number of rotatable bonds is 12. The summed E-state index contributed by atoms with van der Waals surface area (Å²) in [5, 5.41) is 15.1. The molecule has 0 saturated heterocycles. The lowest BCUT2D eigenvalue weighted by Gasteiger charge is -2.23. The summed E-state index contributed by atoms with van der Waals surface area (Å²) < 4.78 is 68.8. The molecule has 48 heavy (non-hydrogen) atoms. The number of alkyl halides is 3. The smallest absolute Gasteiger partial charge is 0.490 e. The predicted molar refractivity (Wildman–Crippen MR) is 176 cm³/mol. The Kier molecular flexibility index (Phi) is 12.6. The van der Waals surface area contributed by atoms with E-state index in [1.807, 2.05) is 51.1 Å². The lowest BCUT2D eigenvalue weighted by Crippen LogP contribution is -2.33. The van der Waals surface area contributed by atoms with E-state index in [1.165, 1.54) is 0 Å². The Hall–Kier alpha value is -5.05. The highest BCUT2D eigenvalue weighted by Crippen LogP contribution is 2.33. The Morgan fingerprint density at radius 1 is 1.00 bits per heavy atom. The maximum Gasteiger partial charge on any atom is 0.490 e. The third-order valence-corrected chi connectivity index (χ3v) is 8.54. The van der Waals surface area contributed by atoms with Crippen LogP contribution in [0.15, 0.2) is 77.8 Å². The molecule has 0 bridgehead atoms. The highest BCUT2D eigenvalue weighted by Gasteiger charge is 2.38. The zero-order valence-corrected chi connectivity index (χ0v) is 27.5. The van der Waals surface area contributed by atoms with E-state index in [1.54, 1.807) is 49.5 Å². The number of nitrogens with two attached hydrogens (primary N) is 1. The Labute approximate surface area is 276 Å². The van der Waals surface area contributed by atoms with Gasteiger partial charge in [0.1, 0.15) is 11.9 Å². The molecule has 0 spiro atoms. The fraction of sp³-hybridized carbons (Fsp3) is 0.303. The molecule has 1 amide bonds. The van der Waals surface area contributed by atoms with Crippen molar-refractivity contribution in [1.29, 1.82) is 0 Å². The van der Waals surface area contributed by atoms with Crippen LogP contribution in [0.1, 0.15) is 44.9 Å². The van der Waals surface area contributed by atoms with Crippen molar-refractivity contribution >= 4 is 44.0 Å². The van der Waals surface area contributed by atoms with E-state index in [-0.39, 0.29) is 29.2 Å². The van der Waals surface area contributed by atoms with Crippen LogP contribution in [0, 0.1) is 0 Å². The van der Waals surface area contributed by atoms with Crippen molar-refractivity contribution in [2.45, 2.75) is 57.5 Å². The third-order valence-electron chi connectivity index (χ3n) is 6.72. The molecule has 0 fully saturated rings. The first kappa shape index (κ1) is 37.4. The first-order valence-electron chi connectivity index (χ1n) is 14.8. The number of carbonyl (C=O) groups is 2. The van der Waals surface area contributed by atoms with Crippen molar-refractivity contribution in [3.05, 3.63) is 84.1 Å². The van der Waals surface area contributed by atoms with Gasteiger partial charge in [-0.05, 0) is 79.7 Å².